The minimum Gasteiger partial charge on any atom is -0.507 e. The fourth-order valence-electron chi connectivity index (χ4n) is 3.04. The minimum absolute atomic E-state index is 0.100. The Labute approximate surface area is 178 Å². The molecule has 2 aromatic rings. The Hall–Kier alpha value is -3.06. The number of hydrogen-bond acceptors (Lipinski definition) is 6. The molecule has 0 radical (unpaired) electrons. The van der Waals surface area contributed by atoms with Crippen LogP contribution in [0.4, 0.5) is 5.69 Å². The van der Waals surface area contributed by atoms with Crippen molar-refractivity contribution in [3.05, 3.63) is 53.6 Å². The lowest BCUT2D eigenvalue weighted by atomic mass is 10.0. The number of rotatable bonds is 11. The number of anilines is 1. The number of aromatic hydroxyl groups is 1. The Morgan fingerprint density at radius 2 is 1.87 bits per heavy atom. The van der Waals surface area contributed by atoms with Gasteiger partial charge in [0, 0.05) is 36.8 Å². The van der Waals surface area contributed by atoms with E-state index in [0.29, 0.717) is 12.2 Å². The average Bonchev–Trinajstić information content (AvgIpc) is 2.75. The highest BCUT2D eigenvalue weighted by molar-refractivity contribution is 5.86. The van der Waals surface area contributed by atoms with E-state index in [1.165, 1.54) is 6.21 Å². The molecule has 0 heterocycles. The van der Waals surface area contributed by atoms with Crippen LogP contribution in [0.3, 0.4) is 0 Å². The zero-order valence-electron chi connectivity index (χ0n) is 17.8. The summed E-state index contributed by atoms with van der Waals surface area (Å²) in [6.45, 7) is 8.30. The number of nitrogens with zero attached hydrogens (tertiary/aromatic N) is 2. The third-order valence-corrected chi connectivity index (χ3v) is 4.76. The largest absolute Gasteiger partial charge is 0.507 e. The molecular weight excluding hydrogens is 382 g/mol. The lowest BCUT2D eigenvalue weighted by molar-refractivity contribution is -0.121. The number of hydrogen-bond donors (Lipinski definition) is 3. The van der Waals surface area contributed by atoms with Gasteiger partial charge in [0.05, 0.1) is 18.9 Å². The molecule has 0 saturated heterocycles. The van der Waals surface area contributed by atoms with Crippen molar-refractivity contribution in [2.24, 2.45) is 5.10 Å². The molecule has 2 aromatic carbocycles. The van der Waals surface area contributed by atoms with Crippen molar-refractivity contribution in [1.82, 2.24) is 5.43 Å². The number of ether oxygens (including phenoxy) is 1. The second-order valence-corrected chi connectivity index (χ2v) is 6.77. The van der Waals surface area contributed by atoms with E-state index in [9.17, 15) is 15.0 Å². The van der Waals surface area contributed by atoms with Crippen LogP contribution >= 0.6 is 0 Å². The Morgan fingerprint density at radius 3 is 2.47 bits per heavy atom. The molecule has 0 aliphatic rings. The zero-order valence-corrected chi connectivity index (χ0v) is 17.8. The number of carbonyl (C=O) groups is 1. The first kappa shape index (κ1) is 23.2. The maximum Gasteiger partial charge on any atom is 0.240 e. The smallest absolute Gasteiger partial charge is 0.240 e. The summed E-state index contributed by atoms with van der Waals surface area (Å²) in [5, 5.41) is 24.3. The number of aliphatic hydroxyl groups is 1. The number of carbonyl (C=O) groups excluding carboxylic acids is 1. The van der Waals surface area contributed by atoms with Gasteiger partial charge >= 0.3 is 0 Å². The van der Waals surface area contributed by atoms with Crippen LogP contribution in [-0.4, -0.2) is 42.0 Å². The van der Waals surface area contributed by atoms with Gasteiger partial charge in [0.1, 0.15) is 11.5 Å². The predicted molar refractivity (Wildman–Crippen MR) is 119 cm³/mol. The summed E-state index contributed by atoms with van der Waals surface area (Å²) in [4.78, 5) is 14.1. The number of amides is 1. The first-order valence-electron chi connectivity index (χ1n) is 10.3. The van der Waals surface area contributed by atoms with Gasteiger partial charge in [-0.05, 0) is 57.0 Å². The Bertz CT molecular complexity index is 833. The first-order valence-corrected chi connectivity index (χ1v) is 10.3. The van der Waals surface area contributed by atoms with E-state index in [1.54, 1.807) is 36.4 Å². The molecule has 0 saturated carbocycles. The van der Waals surface area contributed by atoms with Gasteiger partial charge in [-0.3, -0.25) is 4.79 Å². The second-order valence-electron chi connectivity index (χ2n) is 6.77. The van der Waals surface area contributed by atoms with Crippen molar-refractivity contribution in [3.63, 3.8) is 0 Å². The fourth-order valence-corrected chi connectivity index (χ4v) is 3.04. The van der Waals surface area contributed by atoms with Crippen molar-refractivity contribution in [3.8, 4) is 11.5 Å². The van der Waals surface area contributed by atoms with E-state index in [1.807, 2.05) is 13.0 Å². The summed E-state index contributed by atoms with van der Waals surface area (Å²) < 4.78 is 5.38. The van der Waals surface area contributed by atoms with Crippen LogP contribution < -0.4 is 15.1 Å². The number of phenols is 1. The van der Waals surface area contributed by atoms with Crippen LogP contribution in [0.2, 0.25) is 0 Å². The van der Waals surface area contributed by atoms with Crippen molar-refractivity contribution < 1.29 is 19.7 Å². The van der Waals surface area contributed by atoms with Crippen molar-refractivity contribution >= 4 is 17.8 Å². The topological polar surface area (TPSA) is 94.4 Å². The summed E-state index contributed by atoms with van der Waals surface area (Å²) >= 11 is 0. The molecule has 2 rings (SSSR count). The van der Waals surface area contributed by atoms with Gasteiger partial charge in [0.25, 0.3) is 0 Å². The highest BCUT2D eigenvalue weighted by atomic mass is 16.5. The van der Waals surface area contributed by atoms with Crippen molar-refractivity contribution in [1.29, 1.82) is 0 Å². The SMILES string of the molecule is CCOc1ccc([C@@H](O)CCC(=O)N/N=C/c2ccc(N(CC)CC)cc2O)cc1. The van der Waals surface area contributed by atoms with Gasteiger partial charge in [-0.2, -0.15) is 5.10 Å². The van der Waals surface area contributed by atoms with Gasteiger partial charge in [0.2, 0.25) is 5.91 Å². The zero-order chi connectivity index (χ0) is 21.9. The predicted octanol–water partition coefficient (Wildman–Crippen LogP) is 3.60. The molecular formula is C23H31N3O4. The second kappa shape index (κ2) is 11.8. The van der Waals surface area contributed by atoms with Gasteiger partial charge in [-0.1, -0.05) is 12.1 Å². The van der Waals surface area contributed by atoms with Crippen molar-refractivity contribution in [2.75, 3.05) is 24.6 Å². The monoisotopic (exact) mass is 413 g/mol. The molecule has 7 heteroatoms. The summed E-state index contributed by atoms with van der Waals surface area (Å²) in [7, 11) is 0. The van der Waals surface area contributed by atoms with Gasteiger partial charge in [0.15, 0.2) is 0 Å². The molecule has 0 aliphatic carbocycles. The molecule has 7 nitrogen and oxygen atoms in total. The standard InChI is InChI=1S/C23H31N3O4/c1-4-26(5-2)19-10-7-18(22(28)15-19)16-24-25-23(29)14-13-21(27)17-8-11-20(12-9-17)30-6-3/h7-12,15-16,21,27-28H,4-6,13-14H2,1-3H3,(H,25,29)/b24-16+/t21-/m0/s1. The van der Waals surface area contributed by atoms with Crippen LogP contribution in [0.15, 0.2) is 47.6 Å². The van der Waals surface area contributed by atoms with Crippen LogP contribution in [0, 0.1) is 0 Å². The normalized spacial score (nSPS) is 12.0. The molecule has 0 aromatic heterocycles. The third-order valence-electron chi connectivity index (χ3n) is 4.76. The Kier molecular flexibility index (Phi) is 9.15. The highest BCUT2D eigenvalue weighted by Gasteiger charge is 2.11. The molecule has 1 amide bonds. The molecule has 0 spiro atoms. The van der Waals surface area contributed by atoms with E-state index in [4.69, 9.17) is 4.74 Å². The maximum absolute atomic E-state index is 12.0. The molecule has 3 N–H and O–H groups in total. The van der Waals surface area contributed by atoms with E-state index in [-0.39, 0.29) is 24.5 Å². The quantitative estimate of drug-likeness (QED) is 0.387. The molecule has 30 heavy (non-hydrogen) atoms. The summed E-state index contributed by atoms with van der Waals surface area (Å²) in [5.41, 5.74) is 4.61. The number of aliphatic hydroxyl groups excluding tert-OH is 1. The molecule has 0 unspecified atom stereocenters. The third kappa shape index (κ3) is 6.77. The number of hydrazone groups is 1. The summed E-state index contributed by atoms with van der Waals surface area (Å²) in [5.74, 6) is 0.535. The lowest BCUT2D eigenvalue weighted by Gasteiger charge is -2.21. The molecule has 162 valence electrons. The number of phenolic OH excluding ortho intramolecular Hbond substituents is 1. The molecule has 0 bridgehead atoms. The van der Waals surface area contributed by atoms with Gasteiger partial charge < -0.3 is 19.8 Å². The van der Waals surface area contributed by atoms with Crippen LogP contribution in [-0.2, 0) is 4.79 Å². The number of benzene rings is 2. The van der Waals surface area contributed by atoms with Crippen LogP contribution in [0.25, 0.3) is 0 Å². The van der Waals surface area contributed by atoms with Crippen LogP contribution in [0.1, 0.15) is 50.8 Å². The summed E-state index contributed by atoms with van der Waals surface area (Å²) in [6, 6.07) is 12.5. The summed E-state index contributed by atoms with van der Waals surface area (Å²) in [6.07, 6.45) is 1.06. The van der Waals surface area contributed by atoms with Gasteiger partial charge in [-0.15, -0.1) is 0 Å². The molecule has 0 fully saturated rings. The molecule has 0 aliphatic heterocycles. The Balaban J connectivity index is 1.83. The Morgan fingerprint density at radius 1 is 1.17 bits per heavy atom. The minimum atomic E-state index is -0.743. The van der Waals surface area contributed by atoms with Gasteiger partial charge in [-0.25, -0.2) is 5.43 Å². The lowest BCUT2D eigenvalue weighted by Crippen LogP contribution is -2.21. The number of nitrogens with one attached hydrogen (secondary N) is 1. The highest BCUT2D eigenvalue weighted by Crippen LogP contribution is 2.24. The first-order chi connectivity index (χ1) is 14.5. The maximum atomic E-state index is 12.0. The van der Waals surface area contributed by atoms with Crippen LogP contribution in [0.5, 0.6) is 11.5 Å². The van der Waals surface area contributed by atoms with E-state index < -0.39 is 6.10 Å². The fraction of sp³-hybridized carbons (Fsp3) is 0.391. The van der Waals surface area contributed by atoms with E-state index in [0.717, 1.165) is 30.1 Å². The van der Waals surface area contributed by atoms with E-state index in [2.05, 4.69) is 29.3 Å². The van der Waals surface area contributed by atoms with Crippen molar-refractivity contribution in [2.45, 2.75) is 39.7 Å². The average molecular weight is 414 g/mol. The molecule has 1 atom stereocenters. The van der Waals surface area contributed by atoms with E-state index >= 15 is 0 Å².